The lowest BCUT2D eigenvalue weighted by Crippen LogP contribution is -2.27. The molecule has 0 aromatic heterocycles. The topological polar surface area (TPSA) is 116 Å². The molecule has 0 aliphatic rings. The van der Waals surface area contributed by atoms with Gasteiger partial charge in [0.25, 0.3) is 10.1 Å². The molecule has 0 heterocycles. The van der Waals surface area contributed by atoms with Crippen LogP contribution in [-0.2, 0) is 26.1 Å². The molecule has 28 heavy (non-hydrogen) atoms. The number of benzene rings is 2. The van der Waals surface area contributed by atoms with Crippen LogP contribution in [0.3, 0.4) is 0 Å². The third kappa shape index (κ3) is 7.47. The van der Waals surface area contributed by atoms with Crippen molar-refractivity contribution in [1.82, 2.24) is 0 Å². The van der Waals surface area contributed by atoms with E-state index in [-0.39, 0.29) is 23.3 Å². The van der Waals surface area contributed by atoms with Crippen LogP contribution < -0.4 is 10.5 Å². The summed E-state index contributed by atoms with van der Waals surface area (Å²) in [6.07, 6.45) is 0.451. The molecule has 0 saturated heterocycles. The van der Waals surface area contributed by atoms with Crippen molar-refractivity contribution in [3.63, 3.8) is 0 Å². The molecule has 0 saturated carbocycles. The normalized spacial score (nSPS) is 11.8. The molecule has 154 valence electrons. The van der Waals surface area contributed by atoms with Gasteiger partial charge in [0.05, 0.1) is 25.0 Å². The summed E-state index contributed by atoms with van der Waals surface area (Å²) >= 11 is 5.91. The Balaban J connectivity index is 0.000000307. The SMILES string of the molecule is COC(=O)[C@@H](CN)Cc1cc(Cl)ccc1OC.Cc1ccc(S(=O)(=O)O)cc1. The zero-order chi connectivity index (χ0) is 21.3. The van der Waals surface area contributed by atoms with Gasteiger partial charge < -0.3 is 15.2 Å². The fraction of sp³-hybridized carbons (Fsp3) is 0.316. The van der Waals surface area contributed by atoms with Crippen LogP contribution in [0.1, 0.15) is 11.1 Å². The van der Waals surface area contributed by atoms with Gasteiger partial charge in [-0.15, -0.1) is 0 Å². The third-order valence-corrected chi connectivity index (χ3v) is 4.95. The highest BCUT2D eigenvalue weighted by Crippen LogP contribution is 2.25. The van der Waals surface area contributed by atoms with Crippen molar-refractivity contribution in [3.05, 3.63) is 58.6 Å². The van der Waals surface area contributed by atoms with E-state index in [1.54, 1.807) is 37.4 Å². The van der Waals surface area contributed by atoms with Gasteiger partial charge in [-0.1, -0.05) is 29.3 Å². The van der Waals surface area contributed by atoms with E-state index in [1.165, 1.54) is 19.2 Å². The summed E-state index contributed by atoms with van der Waals surface area (Å²) < 4.78 is 39.4. The van der Waals surface area contributed by atoms with E-state index in [4.69, 9.17) is 26.6 Å². The molecule has 9 heteroatoms. The van der Waals surface area contributed by atoms with Gasteiger partial charge >= 0.3 is 5.97 Å². The van der Waals surface area contributed by atoms with Gasteiger partial charge in [-0.05, 0) is 49.2 Å². The first-order valence-corrected chi connectivity index (χ1v) is 10.1. The van der Waals surface area contributed by atoms with Crippen molar-refractivity contribution in [2.75, 3.05) is 20.8 Å². The van der Waals surface area contributed by atoms with Crippen molar-refractivity contribution in [2.45, 2.75) is 18.2 Å². The maximum absolute atomic E-state index is 11.5. The second-order valence-corrected chi connectivity index (χ2v) is 7.76. The Hall–Kier alpha value is -2.13. The van der Waals surface area contributed by atoms with Gasteiger partial charge in [-0.3, -0.25) is 9.35 Å². The molecule has 7 nitrogen and oxygen atoms in total. The highest BCUT2D eigenvalue weighted by atomic mass is 35.5. The summed E-state index contributed by atoms with van der Waals surface area (Å²) in [5.41, 5.74) is 7.36. The number of hydrogen-bond acceptors (Lipinski definition) is 6. The van der Waals surface area contributed by atoms with E-state index in [9.17, 15) is 13.2 Å². The summed E-state index contributed by atoms with van der Waals surface area (Å²) in [4.78, 5) is 11.4. The number of halogens is 1. The van der Waals surface area contributed by atoms with Gasteiger partial charge in [-0.25, -0.2) is 0 Å². The molecule has 1 atom stereocenters. The van der Waals surface area contributed by atoms with Crippen LogP contribution >= 0.6 is 11.6 Å². The molecule has 0 aliphatic heterocycles. The van der Waals surface area contributed by atoms with Crippen molar-refractivity contribution in [3.8, 4) is 5.75 Å². The Labute approximate surface area is 170 Å². The number of ether oxygens (including phenoxy) is 2. The number of carbonyl (C=O) groups is 1. The molecular weight excluding hydrogens is 406 g/mol. The molecule has 2 rings (SSSR count). The molecule has 0 aliphatic carbocycles. The predicted octanol–water partition coefficient (Wildman–Crippen LogP) is 2.88. The molecule has 0 fully saturated rings. The maximum Gasteiger partial charge on any atom is 0.310 e. The van der Waals surface area contributed by atoms with Gasteiger partial charge in [0.1, 0.15) is 5.75 Å². The van der Waals surface area contributed by atoms with E-state index < -0.39 is 10.1 Å². The summed E-state index contributed by atoms with van der Waals surface area (Å²) in [7, 11) is -1.10. The van der Waals surface area contributed by atoms with E-state index in [0.717, 1.165) is 11.1 Å². The van der Waals surface area contributed by atoms with E-state index in [0.29, 0.717) is 17.2 Å². The molecular formula is C19H24ClNO6S. The fourth-order valence-corrected chi connectivity index (χ4v) is 2.99. The molecule has 0 spiro atoms. The highest BCUT2D eigenvalue weighted by molar-refractivity contribution is 7.85. The molecule has 2 aromatic rings. The maximum atomic E-state index is 11.5. The van der Waals surface area contributed by atoms with Crippen LogP contribution in [0.4, 0.5) is 0 Å². The fourth-order valence-electron chi connectivity index (χ4n) is 2.31. The molecule has 0 amide bonds. The average molecular weight is 430 g/mol. The molecule has 0 unspecified atom stereocenters. The zero-order valence-corrected chi connectivity index (χ0v) is 17.5. The minimum atomic E-state index is -4.02. The lowest BCUT2D eigenvalue weighted by molar-refractivity contribution is -0.145. The molecule has 0 radical (unpaired) electrons. The van der Waals surface area contributed by atoms with Crippen LogP contribution in [0.25, 0.3) is 0 Å². The van der Waals surface area contributed by atoms with Gasteiger partial charge in [-0.2, -0.15) is 8.42 Å². The number of nitrogens with two attached hydrogens (primary N) is 1. The quantitative estimate of drug-likeness (QED) is 0.535. The Bertz CT molecular complexity index is 884. The molecule has 3 N–H and O–H groups in total. The van der Waals surface area contributed by atoms with Crippen molar-refractivity contribution >= 4 is 27.7 Å². The highest BCUT2D eigenvalue weighted by Gasteiger charge is 2.19. The largest absolute Gasteiger partial charge is 0.496 e. The summed E-state index contributed by atoms with van der Waals surface area (Å²) in [5.74, 6) is -0.0151. The van der Waals surface area contributed by atoms with Crippen LogP contribution in [0.15, 0.2) is 47.4 Å². The number of aryl methyl sites for hydroxylation is 1. The number of esters is 1. The van der Waals surface area contributed by atoms with Crippen molar-refractivity contribution in [2.24, 2.45) is 11.7 Å². The first-order valence-electron chi connectivity index (χ1n) is 8.26. The number of rotatable bonds is 6. The first kappa shape index (κ1) is 23.9. The zero-order valence-electron chi connectivity index (χ0n) is 15.9. The second-order valence-electron chi connectivity index (χ2n) is 5.90. The average Bonchev–Trinajstić information content (AvgIpc) is 2.65. The smallest absolute Gasteiger partial charge is 0.310 e. The van der Waals surface area contributed by atoms with E-state index in [2.05, 4.69) is 4.74 Å². The van der Waals surface area contributed by atoms with Crippen LogP contribution in [0.5, 0.6) is 5.75 Å². The molecule has 2 aromatic carbocycles. The molecule has 0 bridgehead atoms. The Morgan fingerprint density at radius 3 is 2.25 bits per heavy atom. The third-order valence-electron chi connectivity index (χ3n) is 3.85. The monoisotopic (exact) mass is 429 g/mol. The lowest BCUT2D eigenvalue weighted by Gasteiger charge is -2.14. The number of hydrogen-bond donors (Lipinski definition) is 2. The minimum absolute atomic E-state index is 0.0666. The van der Waals surface area contributed by atoms with Crippen LogP contribution in [0.2, 0.25) is 5.02 Å². The Morgan fingerprint density at radius 1 is 1.18 bits per heavy atom. The van der Waals surface area contributed by atoms with Crippen molar-refractivity contribution < 1.29 is 27.2 Å². The Kier molecular flexibility index (Phi) is 9.40. The van der Waals surface area contributed by atoms with Gasteiger partial charge in [0, 0.05) is 11.6 Å². The van der Waals surface area contributed by atoms with E-state index in [1.807, 2.05) is 6.92 Å². The van der Waals surface area contributed by atoms with Crippen LogP contribution in [0, 0.1) is 12.8 Å². The predicted molar refractivity (Wildman–Crippen MR) is 107 cm³/mol. The Morgan fingerprint density at radius 2 is 1.79 bits per heavy atom. The standard InChI is InChI=1S/C12H16ClNO3.C7H8O3S/c1-16-11-4-3-10(13)6-8(11)5-9(7-14)12(15)17-2;1-6-2-4-7(5-3-6)11(8,9)10/h3-4,6,9H,5,7,14H2,1-2H3;2-5H,1H3,(H,8,9,10)/t9-;/m1./s1. The summed E-state index contributed by atoms with van der Waals surface area (Å²) in [6, 6.07) is 11.3. The summed E-state index contributed by atoms with van der Waals surface area (Å²) in [5, 5.41) is 0.599. The van der Waals surface area contributed by atoms with Crippen molar-refractivity contribution in [1.29, 1.82) is 0 Å². The number of methoxy groups -OCH3 is 2. The summed E-state index contributed by atoms with van der Waals surface area (Å²) in [6.45, 7) is 2.07. The minimum Gasteiger partial charge on any atom is -0.496 e. The second kappa shape index (κ2) is 11.0. The van der Waals surface area contributed by atoms with Crippen LogP contribution in [-0.4, -0.2) is 39.7 Å². The lowest BCUT2D eigenvalue weighted by atomic mass is 9.99. The van der Waals surface area contributed by atoms with Gasteiger partial charge in [0.15, 0.2) is 0 Å². The number of carbonyl (C=O) groups excluding carboxylic acids is 1. The van der Waals surface area contributed by atoms with E-state index >= 15 is 0 Å². The first-order chi connectivity index (χ1) is 13.1. The van der Waals surface area contributed by atoms with Gasteiger partial charge in [0.2, 0.25) is 0 Å².